The van der Waals surface area contributed by atoms with Crippen LogP contribution in [0.15, 0.2) is 102 Å². The molecule has 21 heteroatoms. The maximum Gasteiger partial charge on any atom is 1.00 e. The smallest absolute Gasteiger partial charge is 0.744 e. The second kappa shape index (κ2) is 15.6. The van der Waals surface area contributed by atoms with Gasteiger partial charge >= 0.3 is 103 Å². The minimum absolute atomic E-state index is 0. The Morgan fingerprint density at radius 1 is 0.545 bits per heavy atom. The van der Waals surface area contributed by atoms with Crippen LogP contribution in [0.3, 0.4) is 0 Å². The third-order valence-corrected chi connectivity index (χ3v) is 11.8. The minimum Gasteiger partial charge on any atom is -0.744 e. The topological polar surface area (TPSA) is 221 Å². The van der Waals surface area contributed by atoms with Crippen LogP contribution >= 0.6 is 0 Å². The summed E-state index contributed by atoms with van der Waals surface area (Å²) in [5.74, 6) is -0.528. The molecule has 0 unspecified atom stereocenters. The molecule has 0 amide bonds. The van der Waals surface area contributed by atoms with Crippen molar-refractivity contribution in [3.63, 3.8) is 0 Å². The van der Waals surface area contributed by atoms with Gasteiger partial charge in [-0.2, -0.15) is 12.7 Å². The third kappa shape index (κ3) is 8.30. The van der Waals surface area contributed by atoms with E-state index in [9.17, 15) is 47.3 Å². The molecule has 0 saturated carbocycles. The van der Waals surface area contributed by atoms with Gasteiger partial charge in [-0.05, 0) is 23.3 Å². The molecule has 14 nitrogen and oxygen atoms in total. The number of allylic oxidation sites excluding steroid dienone is 2. The van der Waals surface area contributed by atoms with Crippen LogP contribution in [-0.4, -0.2) is 60.3 Å². The normalized spacial score (nSPS) is 15.1. The summed E-state index contributed by atoms with van der Waals surface area (Å²) < 4.78 is 140. The number of nitrogens with zero attached hydrogens (tertiary/aromatic N) is 2. The Balaban J connectivity index is 0.00000323. The van der Waals surface area contributed by atoms with Crippen molar-refractivity contribution in [1.29, 1.82) is 0 Å². The van der Waals surface area contributed by atoms with Gasteiger partial charge in [0.2, 0.25) is 0 Å². The summed E-state index contributed by atoms with van der Waals surface area (Å²) in [6, 6.07) is 20.5. The molecule has 4 rings (SSSR count). The fourth-order valence-electron chi connectivity index (χ4n) is 4.30. The van der Waals surface area contributed by atoms with Crippen LogP contribution < -0.4 is 92.9 Å². The summed E-state index contributed by atoms with van der Waals surface area (Å²) in [6.45, 7) is 0. The molecule has 0 N–H and O–H groups in total. The second-order valence-corrected chi connectivity index (χ2v) is 14.3. The second-order valence-electron chi connectivity index (χ2n) is 8.52. The Kier molecular flexibility index (Phi) is 14.7. The van der Waals surface area contributed by atoms with Crippen molar-refractivity contribution in [2.45, 2.75) is 17.2 Å². The third-order valence-electron chi connectivity index (χ3n) is 5.81. The maximum atomic E-state index is 13.7. The van der Waals surface area contributed by atoms with E-state index in [-0.39, 0.29) is 99.8 Å². The van der Waals surface area contributed by atoms with Crippen LogP contribution in [0.2, 0.25) is 0 Å². The van der Waals surface area contributed by atoms with Crippen molar-refractivity contribution < 1.29 is 140 Å². The molecule has 0 radical (unpaired) electrons. The molecule has 1 aliphatic heterocycles. The van der Waals surface area contributed by atoms with Crippen molar-refractivity contribution in [3.8, 4) is 5.75 Å². The van der Waals surface area contributed by atoms with E-state index < -0.39 is 83.8 Å². The first-order valence-corrected chi connectivity index (χ1v) is 16.8. The van der Waals surface area contributed by atoms with E-state index >= 15 is 0 Å². The first-order valence-electron chi connectivity index (χ1n) is 11.3. The molecule has 0 atom stereocenters. The van der Waals surface area contributed by atoms with E-state index in [0.29, 0.717) is 0 Å². The van der Waals surface area contributed by atoms with Gasteiger partial charge in [-0.1, -0.05) is 78.9 Å². The van der Waals surface area contributed by atoms with Gasteiger partial charge in [-0.25, -0.2) is 29.6 Å². The van der Waals surface area contributed by atoms with E-state index in [0.717, 1.165) is 12.1 Å². The molecule has 0 bridgehead atoms. The van der Waals surface area contributed by atoms with Crippen LogP contribution in [0.1, 0.15) is 11.1 Å². The van der Waals surface area contributed by atoms with Crippen LogP contribution in [-0.2, 0) is 53.7 Å². The van der Waals surface area contributed by atoms with Gasteiger partial charge in [0, 0.05) is 12.8 Å². The molecule has 1 heterocycles. The molecular formula is C23H19N2Na3O12S4. The molecule has 0 aromatic heterocycles. The van der Waals surface area contributed by atoms with Gasteiger partial charge in [-0.15, -0.1) is 0 Å². The monoisotopic (exact) mass is 712 g/mol. The average Bonchev–Trinajstić information content (AvgIpc) is 3.18. The number of benzene rings is 3. The van der Waals surface area contributed by atoms with Crippen molar-refractivity contribution in [3.05, 3.63) is 114 Å². The van der Waals surface area contributed by atoms with E-state index in [1.54, 1.807) is 12.1 Å². The summed E-state index contributed by atoms with van der Waals surface area (Å²) in [5, 5.41) is 0. The summed E-state index contributed by atoms with van der Waals surface area (Å²) in [6.07, 6.45) is -1.56. The van der Waals surface area contributed by atoms with Crippen molar-refractivity contribution in [1.82, 2.24) is 8.61 Å². The zero-order chi connectivity index (χ0) is 30.3. The summed E-state index contributed by atoms with van der Waals surface area (Å²) in [7, 11) is -26.1. The van der Waals surface area contributed by atoms with Crippen molar-refractivity contribution in [2.75, 3.05) is 0 Å². The number of hydrogen-bond donors (Lipinski definition) is 0. The van der Waals surface area contributed by atoms with Gasteiger partial charge in [0.05, 0.1) is 11.4 Å². The Morgan fingerprint density at radius 3 is 1.23 bits per heavy atom. The van der Waals surface area contributed by atoms with Crippen LogP contribution in [0, 0.1) is 0 Å². The summed E-state index contributed by atoms with van der Waals surface area (Å²) >= 11 is 0. The van der Waals surface area contributed by atoms with E-state index in [4.69, 9.17) is 4.18 Å². The Hall–Kier alpha value is -0.520. The largest absolute Gasteiger partial charge is 1.00 e. The van der Waals surface area contributed by atoms with Crippen LogP contribution in [0.4, 0.5) is 0 Å². The minimum atomic E-state index is -6.91. The van der Waals surface area contributed by atoms with E-state index in [1.165, 1.54) is 66.7 Å². The standard InChI is InChI=1S/C23H22N2O12S4.3Na/c26-38(27,28)23(39(29,30)31)24(40(32,33)34)21(16-18-10-4-1-5-11-18)22(17-19-12-6-2-7-13-19)25(23)41(35,36)37-20-14-8-3-9-15-20;;;/h1-15H,16-17H2,(H,26,27,28)(H,29,30,31)(H,32,33,34);;;/q;3*+1/p-3. The van der Waals surface area contributed by atoms with Crippen LogP contribution in [0.5, 0.6) is 5.75 Å². The molecule has 0 spiro atoms. The predicted octanol–water partition coefficient (Wildman–Crippen LogP) is -8.20. The summed E-state index contributed by atoms with van der Waals surface area (Å²) in [5.41, 5.74) is -1.77. The molecule has 44 heavy (non-hydrogen) atoms. The zero-order valence-electron chi connectivity index (χ0n) is 23.5. The first kappa shape index (κ1) is 41.5. The van der Waals surface area contributed by atoms with Crippen molar-refractivity contribution >= 4 is 40.8 Å². The van der Waals surface area contributed by atoms with E-state index in [2.05, 4.69) is 0 Å². The van der Waals surface area contributed by atoms with E-state index in [1.807, 2.05) is 0 Å². The molecular weight excluding hydrogens is 693 g/mol. The fraction of sp³-hybridized carbons (Fsp3) is 0.130. The Morgan fingerprint density at radius 2 is 0.886 bits per heavy atom. The Labute approximate surface area is 322 Å². The molecule has 0 saturated heterocycles. The van der Waals surface area contributed by atoms with Gasteiger partial charge in [0.15, 0.2) is 30.5 Å². The molecule has 3 aromatic carbocycles. The quantitative estimate of drug-likeness (QED) is 0.141. The van der Waals surface area contributed by atoms with Gasteiger partial charge in [-0.3, -0.25) is 0 Å². The van der Waals surface area contributed by atoms with Gasteiger partial charge in [0.1, 0.15) is 5.75 Å². The number of hydrogen-bond acceptors (Lipinski definition) is 12. The Bertz CT molecular complexity index is 1880. The fourth-order valence-corrected chi connectivity index (χ4v) is 10.8. The summed E-state index contributed by atoms with van der Waals surface area (Å²) in [4.78, 5) is 0. The average molecular weight is 713 g/mol. The SMILES string of the molecule is O=S(=O)([O-])N1C(Cc2ccccc2)=C(Cc2ccccc2)N(S(=O)(=O)Oc2ccccc2)C1(S(=O)(=O)[O-])S(=O)(=O)[O-].[Na+].[Na+].[Na+]. The molecule has 3 aromatic rings. The zero-order valence-corrected chi connectivity index (χ0v) is 32.8. The molecule has 1 aliphatic rings. The van der Waals surface area contributed by atoms with Gasteiger partial charge in [0.25, 0.3) is 0 Å². The number of rotatable bonds is 10. The molecule has 220 valence electrons. The molecule has 0 fully saturated rings. The number of para-hydroxylation sites is 1. The maximum absolute atomic E-state index is 13.7. The van der Waals surface area contributed by atoms with Gasteiger partial charge < -0.3 is 17.8 Å². The predicted molar refractivity (Wildman–Crippen MR) is 139 cm³/mol. The van der Waals surface area contributed by atoms with Crippen molar-refractivity contribution in [2.24, 2.45) is 0 Å². The molecule has 0 aliphatic carbocycles. The van der Waals surface area contributed by atoms with Crippen LogP contribution in [0.25, 0.3) is 0 Å². The first-order chi connectivity index (χ1) is 19.0.